The molecule has 1 aliphatic carbocycles. The maximum atomic E-state index is 5.96. The molecule has 1 heterocycles. The highest BCUT2D eigenvalue weighted by atomic mass is 16.5. The lowest BCUT2D eigenvalue weighted by Crippen LogP contribution is -2.40. The Kier molecular flexibility index (Phi) is 3.15. The lowest BCUT2D eigenvalue weighted by Gasteiger charge is -2.33. The van der Waals surface area contributed by atoms with Crippen LogP contribution in [-0.4, -0.2) is 18.1 Å². The van der Waals surface area contributed by atoms with Gasteiger partial charge in [-0.1, -0.05) is 0 Å². The number of rotatable bonds is 3. The van der Waals surface area contributed by atoms with E-state index in [4.69, 9.17) is 10.5 Å². The summed E-state index contributed by atoms with van der Waals surface area (Å²) in [5, 5.41) is 0. The van der Waals surface area contributed by atoms with Crippen molar-refractivity contribution in [3.05, 3.63) is 23.0 Å². The maximum Gasteiger partial charge on any atom is 0.128 e. The lowest BCUT2D eigenvalue weighted by molar-refractivity contribution is 0.253. The summed E-state index contributed by atoms with van der Waals surface area (Å²) in [6, 6.07) is 0.369. The minimum atomic E-state index is 0.369. The number of aryl methyl sites for hydroxylation is 1. The first-order valence-corrected chi connectivity index (χ1v) is 5.88. The molecule has 1 aromatic rings. The molecule has 88 valence electrons. The molecule has 0 aromatic carbocycles. The number of pyridine rings is 1. The molecule has 1 fully saturated rings. The largest absolute Gasteiger partial charge is 0.496 e. The van der Waals surface area contributed by atoms with E-state index in [9.17, 15) is 0 Å². The van der Waals surface area contributed by atoms with E-state index in [2.05, 4.69) is 11.9 Å². The lowest BCUT2D eigenvalue weighted by atomic mass is 9.77. The normalized spacial score (nSPS) is 24.0. The van der Waals surface area contributed by atoms with Crippen molar-refractivity contribution < 1.29 is 4.74 Å². The van der Waals surface area contributed by atoms with Crippen molar-refractivity contribution in [2.75, 3.05) is 7.11 Å². The third kappa shape index (κ3) is 1.92. The second-order valence-corrected chi connectivity index (χ2v) is 4.75. The Morgan fingerprint density at radius 2 is 2.19 bits per heavy atom. The average molecular weight is 220 g/mol. The molecule has 1 aromatic heterocycles. The fraction of sp³-hybridized carbons (Fsp3) is 0.615. The Morgan fingerprint density at radius 1 is 1.44 bits per heavy atom. The van der Waals surface area contributed by atoms with Crippen molar-refractivity contribution in [3.63, 3.8) is 0 Å². The summed E-state index contributed by atoms with van der Waals surface area (Å²) in [4.78, 5) is 4.51. The number of nitrogens with zero attached hydrogens (tertiary/aromatic N) is 1. The quantitative estimate of drug-likeness (QED) is 0.847. The second-order valence-electron chi connectivity index (χ2n) is 4.75. The predicted molar refractivity (Wildman–Crippen MR) is 64.7 cm³/mol. The molecule has 2 atom stereocenters. The third-order valence-electron chi connectivity index (χ3n) is 3.68. The topological polar surface area (TPSA) is 48.1 Å². The zero-order valence-electron chi connectivity index (χ0n) is 10.3. The van der Waals surface area contributed by atoms with Gasteiger partial charge in [0.05, 0.1) is 7.11 Å². The maximum absolute atomic E-state index is 5.96. The summed E-state index contributed by atoms with van der Waals surface area (Å²) in [6.07, 6.45) is 5.28. The molecule has 0 radical (unpaired) electrons. The first kappa shape index (κ1) is 11.4. The summed E-state index contributed by atoms with van der Waals surface area (Å²) in [6.45, 7) is 4.11. The highest BCUT2D eigenvalue weighted by Crippen LogP contribution is 2.32. The molecular weight excluding hydrogens is 200 g/mol. The van der Waals surface area contributed by atoms with Crippen LogP contribution in [0, 0.1) is 19.8 Å². The molecule has 16 heavy (non-hydrogen) atoms. The highest BCUT2D eigenvalue weighted by Gasteiger charge is 2.28. The zero-order chi connectivity index (χ0) is 11.7. The van der Waals surface area contributed by atoms with Gasteiger partial charge in [-0.25, -0.2) is 0 Å². The van der Waals surface area contributed by atoms with E-state index in [1.807, 2.05) is 13.1 Å². The van der Waals surface area contributed by atoms with Crippen LogP contribution in [0.1, 0.15) is 29.7 Å². The van der Waals surface area contributed by atoms with Crippen LogP contribution >= 0.6 is 0 Å². The molecule has 0 saturated heterocycles. The van der Waals surface area contributed by atoms with Crippen molar-refractivity contribution in [2.45, 2.75) is 39.2 Å². The van der Waals surface area contributed by atoms with Crippen molar-refractivity contribution >= 4 is 0 Å². The van der Waals surface area contributed by atoms with Gasteiger partial charge >= 0.3 is 0 Å². The summed E-state index contributed by atoms with van der Waals surface area (Å²) in [7, 11) is 1.72. The van der Waals surface area contributed by atoms with Crippen LogP contribution in [-0.2, 0) is 6.42 Å². The number of aromatic nitrogens is 1. The minimum Gasteiger partial charge on any atom is -0.496 e. The number of hydrogen-bond acceptors (Lipinski definition) is 3. The van der Waals surface area contributed by atoms with Crippen molar-refractivity contribution in [1.82, 2.24) is 4.98 Å². The van der Waals surface area contributed by atoms with Gasteiger partial charge in [0.25, 0.3) is 0 Å². The molecular formula is C13H20N2O. The van der Waals surface area contributed by atoms with Gasteiger partial charge in [-0.05, 0) is 39.0 Å². The minimum absolute atomic E-state index is 0.369. The Bertz CT molecular complexity index is 390. The van der Waals surface area contributed by atoms with Gasteiger partial charge in [-0.15, -0.1) is 0 Å². The fourth-order valence-electron chi connectivity index (χ4n) is 2.37. The van der Waals surface area contributed by atoms with E-state index >= 15 is 0 Å². The zero-order valence-corrected chi connectivity index (χ0v) is 10.3. The Balaban J connectivity index is 2.21. The van der Waals surface area contributed by atoms with Crippen molar-refractivity contribution in [1.29, 1.82) is 0 Å². The van der Waals surface area contributed by atoms with Crippen LogP contribution in [0.25, 0.3) is 0 Å². The van der Waals surface area contributed by atoms with Crippen molar-refractivity contribution in [2.24, 2.45) is 11.7 Å². The number of hydrogen-bond donors (Lipinski definition) is 1. The van der Waals surface area contributed by atoms with Gasteiger partial charge in [0, 0.05) is 29.1 Å². The molecule has 0 amide bonds. The summed E-state index contributed by atoms with van der Waals surface area (Å²) in [5.41, 5.74) is 9.37. The molecule has 1 aliphatic rings. The standard InChI is InChI=1S/C13H20N2O/c1-8-7-15-12(9(2)13(8)16-3)6-10-4-5-11(10)14/h7,10-11H,4-6,14H2,1-3H3. The molecule has 0 spiro atoms. The molecule has 3 heteroatoms. The fourth-order valence-corrected chi connectivity index (χ4v) is 2.37. The molecule has 0 bridgehead atoms. The van der Waals surface area contributed by atoms with E-state index in [0.29, 0.717) is 12.0 Å². The molecule has 0 aliphatic heterocycles. The molecule has 1 saturated carbocycles. The summed E-state index contributed by atoms with van der Waals surface area (Å²) < 4.78 is 5.41. The molecule has 2 rings (SSSR count). The van der Waals surface area contributed by atoms with Crippen LogP contribution < -0.4 is 10.5 Å². The number of ether oxygens (including phenoxy) is 1. The van der Waals surface area contributed by atoms with E-state index in [0.717, 1.165) is 29.8 Å². The molecule has 3 nitrogen and oxygen atoms in total. The van der Waals surface area contributed by atoms with Crippen molar-refractivity contribution in [3.8, 4) is 5.75 Å². The Labute approximate surface area is 97.0 Å². The van der Waals surface area contributed by atoms with Crippen LogP contribution in [0.4, 0.5) is 0 Å². The summed E-state index contributed by atoms with van der Waals surface area (Å²) in [5.74, 6) is 1.58. The van der Waals surface area contributed by atoms with Crippen LogP contribution in [0.5, 0.6) is 5.75 Å². The smallest absolute Gasteiger partial charge is 0.128 e. The number of methoxy groups -OCH3 is 1. The van der Waals surface area contributed by atoms with Gasteiger partial charge in [0.2, 0.25) is 0 Å². The SMILES string of the molecule is COc1c(C)cnc(CC2CCC2N)c1C. The van der Waals surface area contributed by atoms with Crippen LogP contribution in [0.3, 0.4) is 0 Å². The van der Waals surface area contributed by atoms with E-state index in [-0.39, 0.29) is 0 Å². The second kappa shape index (κ2) is 4.42. The Morgan fingerprint density at radius 3 is 2.69 bits per heavy atom. The van der Waals surface area contributed by atoms with Gasteiger partial charge < -0.3 is 10.5 Å². The number of nitrogens with two attached hydrogens (primary N) is 1. The first-order chi connectivity index (χ1) is 7.63. The molecule has 2 N–H and O–H groups in total. The Hall–Kier alpha value is -1.09. The predicted octanol–water partition coefficient (Wildman–Crippen LogP) is 1.99. The molecule has 2 unspecified atom stereocenters. The van der Waals surface area contributed by atoms with E-state index in [1.54, 1.807) is 7.11 Å². The van der Waals surface area contributed by atoms with E-state index < -0.39 is 0 Å². The van der Waals surface area contributed by atoms with Gasteiger partial charge in [-0.3, -0.25) is 4.98 Å². The van der Waals surface area contributed by atoms with Gasteiger partial charge in [0.1, 0.15) is 5.75 Å². The average Bonchev–Trinajstić information content (AvgIpc) is 2.26. The third-order valence-corrected chi connectivity index (χ3v) is 3.68. The first-order valence-electron chi connectivity index (χ1n) is 5.88. The van der Waals surface area contributed by atoms with Crippen LogP contribution in [0.15, 0.2) is 6.20 Å². The van der Waals surface area contributed by atoms with Gasteiger partial charge in [-0.2, -0.15) is 0 Å². The summed E-state index contributed by atoms with van der Waals surface area (Å²) >= 11 is 0. The van der Waals surface area contributed by atoms with Crippen LogP contribution in [0.2, 0.25) is 0 Å². The highest BCUT2D eigenvalue weighted by molar-refractivity contribution is 5.41. The van der Waals surface area contributed by atoms with E-state index in [1.165, 1.54) is 12.0 Å². The van der Waals surface area contributed by atoms with Gasteiger partial charge in [0.15, 0.2) is 0 Å². The monoisotopic (exact) mass is 220 g/mol.